The number of hydrogen-bond donors (Lipinski definition) is 1. The first-order valence-corrected chi connectivity index (χ1v) is 7.03. The van der Waals surface area contributed by atoms with E-state index in [9.17, 15) is 4.79 Å². The fourth-order valence-electron chi connectivity index (χ4n) is 2.45. The highest BCUT2D eigenvalue weighted by atomic mass is 16.5. The van der Waals surface area contributed by atoms with Crippen LogP contribution in [0.2, 0.25) is 0 Å². The van der Waals surface area contributed by atoms with E-state index in [2.05, 4.69) is 5.32 Å². The molecule has 0 atom stereocenters. The van der Waals surface area contributed by atoms with Crippen LogP contribution in [0.5, 0.6) is 5.75 Å². The molecule has 108 valence electrons. The van der Waals surface area contributed by atoms with Gasteiger partial charge in [-0.05, 0) is 43.2 Å². The van der Waals surface area contributed by atoms with Crippen molar-refractivity contribution in [3.8, 4) is 5.75 Å². The molecule has 2 aromatic rings. The monoisotopic (exact) mass is 282 g/mol. The Hall–Kier alpha value is -2.49. The Morgan fingerprint density at radius 1 is 1.14 bits per heavy atom. The zero-order valence-electron chi connectivity index (χ0n) is 12.2. The molecule has 0 saturated heterocycles. The molecule has 0 saturated carbocycles. The normalized spacial score (nSPS) is 13.3. The van der Waals surface area contributed by atoms with Crippen LogP contribution in [0.25, 0.3) is 0 Å². The van der Waals surface area contributed by atoms with Crippen molar-refractivity contribution < 1.29 is 9.53 Å². The zero-order chi connectivity index (χ0) is 14.8. The van der Waals surface area contributed by atoms with Gasteiger partial charge in [-0.15, -0.1) is 0 Å². The number of benzene rings is 2. The molecular weight excluding hydrogens is 264 g/mol. The van der Waals surface area contributed by atoms with E-state index in [1.165, 1.54) is 0 Å². The van der Waals surface area contributed by atoms with Gasteiger partial charge in [-0.3, -0.25) is 4.90 Å². The number of aryl methyl sites for hydroxylation is 1. The number of nitrogens with zero attached hydrogens (tertiary/aromatic N) is 1. The summed E-state index contributed by atoms with van der Waals surface area (Å²) in [4.78, 5) is 14.3. The highest BCUT2D eigenvalue weighted by Gasteiger charge is 2.23. The van der Waals surface area contributed by atoms with Crippen molar-refractivity contribution in [3.63, 3.8) is 0 Å². The summed E-state index contributed by atoms with van der Waals surface area (Å²) in [7, 11) is 0. The highest BCUT2D eigenvalue weighted by Crippen LogP contribution is 2.31. The summed E-state index contributed by atoms with van der Waals surface area (Å²) >= 11 is 0. The van der Waals surface area contributed by atoms with Crippen LogP contribution in [0.4, 0.5) is 16.2 Å². The quantitative estimate of drug-likeness (QED) is 0.865. The van der Waals surface area contributed by atoms with Gasteiger partial charge >= 0.3 is 6.03 Å². The molecule has 0 aromatic heterocycles. The summed E-state index contributed by atoms with van der Waals surface area (Å²) in [5.41, 5.74) is 3.91. The van der Waals surface area contributed by atoms with Crippen molar-refractivity contribution in [2.45, 2.75) is 13.8 Å². The van der Waals surface area contributed by atoms with E-state index in [1.54, 1.807) is 4.90 Å². The molecule has 1 aliphatic rings. The molecule has 0 bridgehead atoms. The third-order valence-electron chi connectivity index (χ3n) is 3.82. The van der Waals surface area contributed by atoms with E-state index in [-0.39, 0.29) is 6.03 Å². The van der Waals surface area contributed by atoms with Crippen LogP contribution in [0, 0.1) is 13.8 Å². The third kappa shape index (κ3) is 2.57. The Morgan fingerprint density at radius 3 is 2.81 bits per heavy atom. The summed E-state index contributed by atoms with van der Waals surface area (Å²) in [6, 6.07) is 13.4. The van der Waals surface area contributed by atoms with Gasteiger partial charge in [0.05, 0.1) is 12.2 Å². The number of hydrogen-bond acceptors (Lipinski definition) is 2. The smallest absolute Gasteiger partial charge is 0.326 e. The van der Waals surface area contributed by atoms with Crippen molar-refractivity contribution >= 4 is 17.4 Å². The van der Waals surface area contributed by atoms with E-state index < -0.39 is 0 Å². The van der Waals surface area contributed by atoms with Crippen molar-refractivity contribution in [3.05, 3.63) is 53.6 Å². The Labute approximate surface area is 124 Å². The molecule has 0 fully saturated rings. The van der Waals surface area contributed by atoms with Crippen LogP contribution in [-0.2, 0) is 0 Å². The average Bonchev–Trinajstić information content (AvgIpc) is 2.51. The topological polar surface area (TPSA) is 41.6 Å². The van der Waals surface area contributed by atoms with E-state index in [4.69, 9.17) is 4.74 Å². The number of nitrogens with one attached hydrogen (secondary N) is 1. The lowest BCUT2D eigenvalue weighted by atomic mass is 10.1. The van der Waals surface area contributed by atoms with Gasteiger partial charge in [0, 0.05) is 5.69 Å². The maximum atomic E-state index is 12.6. The van der Waals surface area contributed by atoms with E-state index >= 15 is 0 Å². The zero-order valence-corrected chi connectivity index (χ0v) is 12.2. The number of rotatable bonds is 1. The van der Waals surface area contributed by atoms with Crippen LogP contribution < -0.4 is 15.0 Å². The number of amides is 2. The number of carbonyl (C=O) groups excluding carboxylic acids is 1. The van der Waals surface area contributed by atoms with Gasteiger partial charge in [0.25, 0.3) is 0 Å². The van der Waals surface area contributed by atoms with Crippen LogP contribution in [0.15, 0.2) is 42.5 Å². The maximum absolute atomic E-state index is 12.6. The molecule has 3 rings (SSSR count). The fraction of sp³-hybridized carbons (Fsp3) is 0.235. The highest BCUT2D eigenvalue weighted by molar-refractivity contribution is 6.03. The molecule has 2 aromatic carbocycles. The number of carbonyl (C=O) groups is 1. The summed E-state index contributed by atoms with van der Waals surface area (Å²) in [6.45, 7) is 5.11. The first-order valence-electron chi connectivity index (χ1n) is 7.03. The number of anilines is 2. The van der Waals surface area contributed by atoms with Gasteiger partial charge < -0.3 is 10.1 Å². The van der Waals surface area contributed by atoms with Crippen LogP contribution in [-0.4, -0.2) is 19.2 Å². The minimum Gasteiger partial charge on any atom is -0.490 e. The Kier molecular flexibility index (Phi) is 3.52. The first-order chi connectivity index (χ1) is 10.2. The van der Waals surface area contributed by atoms with Crippen molar-refractivity contribution in [2.24, 2.45) is 0 Å². The standard InChI is InChI=1S/C17H18N2O2/c1-12-6-5-7-14(13(12)2)18-17(20)19-10-11-21-16-9-4-3-8-15(16)19/h3-9H,10-11H2,1-2H3,(H,18,20). The second-order valence-corrected chi connectivity index (χ2v) is 5.15. The van der Waals surface area contributed by atoms with Crippen molar-refractivity contribution in [2.75, 3.05) is 23.4 Å². The SMILES string of the molecule is Cc1cccc(NC(=O)N2CCOc3ccccc32)c1C. The maximum Gasteiger partial charge on any atom is 0.326 e. The lowest BCUT2D eigenvalue weighted by molar-refractivity contribution is 0.250. The van der Waals surface area contributed by atoms with E-state index in [0.717, 1.165) is 28.3 Å². The summed E-state index contributed by atoms with van der Waals surface area (Å²) < 4.78 is 5.58. The number of fused-ring (bicyclic) bond motifs is 1. The van der Waals surface area contributed by atoms with Crippen molar-refractivity contribution in [1.82, 2.24) is 0 Å². The molecule has 0 spiro atoms. The number of ether oxygens (including phenoxy) is 1. The molecule has 0 radical (unpaired) electrons. The fourth-order valence-corrected chi connectivity index (χ4v) is 2.45. The van der Waals surface area contributed by atoms with E-state index in [0.29, 0.717) is 13.2 Å². The van der Waals surface area contributed by atoms with Crippen LogP contribution in [0.1, 0.15) is 11.1 Å². The second-order valence-electron chi connectivity index (χ2n) is 5.15. The first kappa shape index (κ1) is 13.5. The number of para-hydroxylation sites is 2. The molecule has 21 heavy (non-hydrogen) atoms. The Balaban J connectivity index is 1.85. The Morgan fingerprint density at radius 2 is 1.95 bits per heavy atom. The Bertz CT molecular complexity index is 682. The summed E-state index contributed by atoms with van der Waals surface area (Å²) in [6.07, 6.45) is 0. The average molecular weight is 282 g/mol. The molecule has 1 aliphatic heterocycles. The second kappa shape index (κ2) is 5.48. The van der Waals surface area contributed by atoms with Gasteiger partial charge in [-0.1, -0.05) is 24.3 Å². The van der Waals surface area contributed by atoms with Gasteiger partial charge in [0.15, 0.2) is 0 Å². The van der Waals surface area contributed by atoms with Crippen LogP contribution in [0.3, 0.4) is 0 Å². The molecule has 0 aliphatic carbocycles. The van der Waals surface area contributed by atoms with Gasteiger partial charge in [0.2, 0.25) is 0 Å². The molecule has 4 heteroatoms. The molecule has 0 unspecified atom stereocenters. The summed E-state index contributed by atoms with van der Waals surface area (Å²) in [5.74, 6) is 0.750. The van der Waals surface area contributed by atoms with Crippen LogP contribution >= 0.6 is 0 Å². The molecular formula is C17H18N2O2. The number of urea groups is 1. The molecule has 1 heterocycles. The molecule has 4 nitrogen and oxygen atoms in total. The minimum absolute atomic E-state index is 0.126. The molecule has 2 amide bonds. The molecule has 1 N–H and O–H groups in total. The third-order valence-corrected chi connectivity index (χ3v) is 3.82. The minimum atomic E-state index is -0.126. The van der Waals surface area contributed by atoms with Crippen molar-refractivity contribution in [1.29, 1.82) is 0 Å². The lowest BCUT2D eigenvalue weighted by Crippen LogP contribution is -2.40. The van der Waals surface area contributed by atoms with Gasteiger partial charge in [-0.2, -0.15) is 0 Å². The van der Waals surface area contributed by atoms with Gasteiger partial charge in [0.1, 0.15) is 12.4 Å². The largest absolute Gasteiger partial charge is 0.490 e. The predicted octanol–water partition coefficient (Wildman–Crippen LogP) is 3.73. The van der Waals surface area contributed by atoms with Gasteiger partial charge in [-0.25, -0.2) is 4.79 Å². The predicted molar refractivity (Wildman–Crippen MR) is 84.2 cm³/mol. The summed E-state index contributed by atoms with van der Waals surface area (Å²) in [5, 5.41) is 2.99. The van der Waals surface area contributed by atoms with E-state index in [1.807, 2.05) is 56.3 Å². The lowest BCUT2D eigenvalue weighted by Gasteiger charge is -2.29.